The van der Waals surface area contributed by atoms with Crippen LogP contribution < -0.4 is 10.6 Å². The molecule has 0 saturated carbocycles. The van der Waals surface area contributed by atoms with Gasteiger partial charge < -0.3 is 35.1 Å². The number of nitrogens with zero attached hydrogens (tertiary/aromatic N) is 1. The van der Waals surface area contributed by atoms with E-state index in [0.29, 0.717) is 19.5 Å². The van der Waals surface area contributed by atoms with Gasteiger partial charge in [-0.2, -0.15) is 0 Å². The first-order valence-electron chi connectivity index (χ1n) is 17.6. The number of aliphatic hydroxyl groups excluding tert-OH is 2. The number of amides is 2. The van der Waals surface area contributed by atoms with Crippen LogP contribution in [0.15, 0.2) is 103 Å². The van der Waals surface area contributed by atoms with Crippen molar-refractivity contribution in [2.75, 3.05) is 26.7 Å². The molecule has 4 aromatic rings. The van der Waals surface area contributed by atoms with Gasteiger partial charge in [-0.15, -0.1) is 0 Å². The number of esters is 1. The van der Waals surface area contributed by atoms with E-state index in [1.54, 1.807) is 0 Å². The molecule has 6 rings (SSSR count). The number of nitrogens with one attached hydrogen (secondary N) is 2. The zero-order valence-electron chi connectivity index (χ0n) is 29.1. The van der Waals surface area contributed by atoms with Crippen molar-refractivity contribution in [1.82, 2.24) is 15.5 Å². The van der Waals surface area contributed by atoms with Gasteiger partial charge in [0.1, 0.15) is 6.04 Å². The number of rotatable bonds is 12. The van der Waals surface area contributed by atoms with Crippen LogP contribution in [-0.2, 0) is 38.6 Å². The van der Waals surface area contributed by atoms with Crippen LogP contribution in [-0.4, -0.2) is 72.1 Å². The lowest BCUT2D eigenvalue weighted by Gasteiger charge is -2.42. The number of methoxy groups -OCH3 is 1. The second kappa shape index (κ2) is 17.1. The lowest BCUT2D eigenvalue weighted by atomic mass is 9.90. The molecule has 0 aliphatic carbocycles. The van der Waals surface area contributed by atoms with Crippen LogP contribution in [0.4, 0.5) is 4.79 Å². The van der Waals surface area contributed by atoms with Crippen LogP contribution in [0, 0.1) is 5.92 Å². The lowest BCUT2D eigenvalue weighted by Crippen LogP contribution is -2.47. The maximum atomic E-state index is 12.8. The van der Waals surface area contributed by atoms with Crippen molar-refractivity contribution in [3.8, 4) is 11.1 Å². The Balaban J connectivity index is 1.11. The topological polar surface area (TPSA) is 130 Å². The fourth-order valence-electron chi connectivity index (χ4n) is 6.83. The molecule has 2 aliphatic heterocycles. The van der Waals surface area contributed by atoms with Crippen molar-refractivity contribution in [1.29, 1.82) is 0 Å². The minimum atomic E-state index is -0.812. The van der Waals surface area contributed by atoms with Crippen LogP contribution in [0.3, 0.4) is 0 Å². The van der Waals surface area contributed by atoms with Gasteiger partial charge in [0.05, 0.1) is 32.0 Å². The van der Waals surface area contributed by atoms with E-state index in [9.17, 15) is 19.8 Å². The molecule has 2 saturated heterocycles. The standard InChI is InChI=1S/C41H47N3O7/c1-27-37(25-44-20-19-35(46)24-44)50-40(51-38(27)32-13-11-29(26-45)12-14-32)33-17-15-31(16-18-33)34-10-6-9-30(21-34)23-42-41(48)43-36(39(47)49-2)22-28-7-4-3-5-8-28/h3-18,21,27,35-38,40,45-46H,19-20,22-26H2,1-2H3,(H2,42,43,48). The monoisotopic (exact) mass is 693 g/mol. The summed E-state index contributed by atoms with van der Waals surface area (Å²) in [4.78, 5) is 27.4. The molecule has 51 heavy (non-hydrogen) atoms. The van der Waals surface area contributed by atoms with Crippen LogP contribution in [0.2, 0.25) is 0 Å². The number of benzene rings is 4. The lowest BCUT2D eigenvalue weighted by molar-refractivity contribution is -0.276. The van der Waals surface area contributed by atoms with E-state index in [1.165, 1.54) is 7.11 Å². The van der Waals surface area contributed by atoms with Crippen LogP contribution >= 0.6 is 0 Å². The number of ether oxygens (including phenoxy) is 3. The highest BCUT2D eigenvalue weighted by molar-refractivity contribution is 5.83. The molecule has 2 amide bonds. The Hall–Kier alpha value is -4.58. The molecule has 0 spiro atoms. The summed E-state index contributed by atoms with van der Waals surface area (Å²) >= 11 is 0. The molecule has 0 bridgehead atoms. The Morgan fingerprint density at radius 2 is 1.61 bits per heavy atom. The van der Waals surface area contributed by atoms with Crippen LogP contribution in [0.5, 0.6) is 0 Å². The summed E-state index contributed by atoms with van der Waals surface area (Å²) in [5.41, 5.74) is 6.60. The first-order valence-corrected chi connectivity index (χ1v) is 17.6. The SMILES string of the molecule is COC(=O)C(Cc1ccccc1)NC(=O)NCc1cccc(-c2ccc(C3OC(CN4CCC(O)C4)C(C)C(c4ccc(CO)cc4)O3)cc2)c1. The molecule has 4 aromatic carbocycles. The first kappa shape index (κ1) is 36.2. The second-order valence-corrected chi connectivity index (χ2v) is 13.4. The Bertz CT molecular complexity index is 1730. The molecule has 0 aromatic heterocycles. The maximum absolute atomic E-state index is 12.8. The Morgan fingerprint density at radius 3 is 2.29 bits per heavy atom. The number of likely N-dealkylation sites (tertiary alicyclic amines) is 1. The van der Waals surface area contributed by atoms with E-state index in [2.05, 4.69) is 22.5 Å². The van der Waals surface area contributed by atoms with Crippen molar-refractivity contribution < 1.29 is 34.0 Å². The van der Waals surface area contributed by atoms with Crippen molar-refractivity contribution in [2.24, 2.45) is 5.92 Å². The summed E-state index contributed by atoms with van der Waals surface area (Å²) < 4.78 is 18.2. The van der Waals surface area contributed by atoms with Gasteiger partial charge in [0.15, 0.2) is 6.29 Å². The van der Waals surface area contributed by atoms with Crippen LogP contribution in [0.1, 0.15) is 53.6 Å². The molecule has 6 unspecified atom stereocenters. The highest BCUT2D eigenvalue weighted by atomic mass is 16.7. The Labute approximate surface area is 299 Å². The average molecular weight is 694 g/mol. The second-order valence-electron chi connectivity index (χ2n) is 13.4. The van der Waals surface area contributed by atoms with Crippen LogP contribution in [0.25, 0.3) is 11.1 Å². The predicted molar refractivity (Wildman–Crippen MR) is 193 cm³/mol. The Morgan fingerprint density at radius 1 is 0.882 bits per heavy atom. The van der Waals surface area contributed by atoms with Crippen molar-refractivity contribution in [3.63, 3.8) is 0 Å². The first-order chi connectivity index (χ1) is 24.8. The molecule has 6 atom stereocenters. The smallest absolute Gasteiger partial charge is 0.328 e. The molecule has 0 radical (unpaired) electrons. The number of hydrogen-bond donors (Lipinski definition) is 4. The number of aliphatic hydroxyl groups is 2. The summed E-state index contributed by atoms with van der Waals surface area (Å²) in [5, 5.41) is 25.3. The van der Waals surface area contributed by atoms with Gasteiger partial charge in [-0.25, -0.2) is 9.59 Å². The van der Waals surface area contributed by atoms with E-state index in [1.807, 2.05) is 103 Å². The fourth-order valence-corrected chi connectivity index (χ4v) is 6.83. The van der Waals surface area contributed by atoms with Gasteiger partial charge in [-0.1, -0.05) is 104 Å². The fraction of sp³-hybridized carbons (Fsp3) is 0.366. The molecule has 2 heterocycles. The third-order valence-corrected chi connectivity index (χ3v) is 9.78. The van der Waals surface area contributed by atoms with Crippen molar-refractivity contribution in [3.05, 3.63) is 131 Å². The summed E-state index contributed by atoms with van der Waals surface area (Å²) in [6.45, 7) is 4.59. The normalized spacial score (nSPS) is 22.6. The molecule has 268 valence electrons. The molecule has 4 N–H and O–H groups in total. The van der Waals surface area contributed by atoms with E-state index in [4.69, 9.17) is 14.2 Å². The number of hydrogen-bond acceptors (Lipinski definition) is 8. The minimum Gasteiger partial charge on any atom is -0.467 e. The van der Waals surface area contributed by atoms with Gasteiger partial charge in [-0.05, 0) is 45.9 Å². The molecule has 10 nitrogen and oxygen atoms in total. The average Bonchev–Trinajstić information content (AvgIpc) is 3.58. The molecular weight excluding hydrogens is 646 g/mol. The van der Waals surface area contributed by atoms with E-state index in [0.717, 1.165) is 51.9 Å². The summed E-state index contributed by atoms with van der Waals surface area (Å²) in [6.07, 6.45) is -0.121. The molecule has 2 fully saturated rings. The number of β-amino-alcohol motifs (C(OH)–C–C–N with tert-alkyl or cyclic N) is 1. The minimum absolute atomic E-state index is 0.0131. The summed E-state index contributed by atoms with van der Waals surface area (Å²) in [7, 11) is 1.31. The molecule has 2 aliphatic rings. The Kier molecular flexibility index (Phi) is 12.1. The highest BCUT2D eigenvalue weighted by Gasteiger charge is 2.40. The van der Waals surface area contributed by atoms with Crippen molar-refractivity contribution >= 4 is 12.0 Å². The van der Waals surface area contributed by atoms with E-state index in [-0.39, 0.29) is 37.4 Å². The largest absolute Gasteiger partial charge is 0.467 e. The zero-order valence-corrected chi connectivity index (χ0v) is 29.1. The van der Waals surface area contributed by atoms with E-state index < -0.39 is 24.3 Å². The van der Waals surface area contributed by atoms with E-state index >= 15 is 0 Å². The van der Waals surface area contributed by atoms with Crippen molar-refractivity contribution in [2.45, 2.75) is 63.6 Å². The van der Waals surface area contributed by atoms with Gasteiger partial charge in [0.25, 0.3) is 0 Å². The number of carbonyl (C=O) groups is 2. The molecule has 10 heteroatoms. The van der Waals surface area contributed by atoms with Gasteiger partial charge >= 0.3 is 12.0 Å². The quantitative estimate of drug-likeness (QED) is 0.148. The van der Waals surface area contributed by atoms with Gasteiger partial charge in [0, 0.05) is 44.1 Å². The summed E-state index contributed by atoms with van der Waals surface area (Å²) in [5.74, 6) is -0.445. The maximum Gasteiger partial charge on any atom is 0.328 e. The number of carbonyl (C=O) groups excluding carboxylic acids is 2. The van der Waals surface area contributed by atoms with Gasteiger partial charge in [-0.3, -0.25) is 4.90 Å². The third-order valence-electron chi connectivity index (χ3n) is 9.78. The van der Waals surface area contributed by atoms with Gasteiger partial charge in [0.2, 0.25) is 0 Å². The number of urea groups is 1. The highest BCUT2D eigenvalue weighted by Crippen LogP contribution is 2.42. The molecular formula is C41H47N3O7. The summed E-state index contributed by atoms with van der Waals surface area (Å²) in [6, 6.07) is 32.2. The zero-order chi connectivity index (χ0) is 35.7. The third kappa shape index (κ3) is 9.40. The predicted octanol–water partition coefficient (Wildman–Crippen LogP) is 5.29.